The van der Waals surface area contributed by atoms with Crippen LogP contribution in [0.2, 0.25) is 0 Å². The topological polar surface area (TPSA) is 63.1 Å². The number of carbonyl (C=O) groups is 2. The van der Waals surface area contributed by atoms with Crippen LogP contribution in [-0.2, 0) is 0 Å². The van der Waals surface area contributed by atoms with Gasteiger partial charge in [0.25, 0.3) is 11.8 Å². The third kappa shape index (κ3) is 5.23. The summed E-state index contributed by atoms with van der Waals surface area (Å²) in [5.41, 5.74) is 2.89. The van der Waals surface area contributed by atoms with E-state index in [1.165, 1.54) is 37.5 Å². The molecule has 2 aromatic rings. The highest BCUT2D eigenvalue weighted by Gasteiger charge is 2.28. The standard InChI is InChI=1S/C22H26F3N3O2/c1-14-11-19(15(2)28(14)18-9-4-3-5-10-18)21(30)27-17-8-6-7-16(12-17)20(29)26-13-22(23,24)25/h6-8,11-12,18H,3-5,9-10,13H2,1-2H3,(H,26,29)(H,27,30). The molecule has 162 valence electrons. The Bertz CT molecular complexity index is 928. The number of nitrogens with one attached hydrogen (secondary N) is 2. The molecule has 0 spiro atoms. The minimum atomic E-state index is -4.48. The van der Waals surface area contributed by atoms with Crippen LogP contribution in [0.3, 0.4) is 0 Å². The first kappa shape index (κ1) is 21.9. The molecule has 8 heteroatoms. The second kappa shape index (κ2) is 8.93. The second-order valence-electron chi connectivity index (χ2n) is 7.78. The van der Waals surface area contributed by atoms with Crippen molar-refractivity contribution in [2.24, 2.45) is 0 Å². The lowest BCUT2D eigenvalue weighted by atomic mass is 9.95. The minimum absolute atomic E-state index is 0.0460. The molecule has 5 nitrogen and oxygen atoms in total. The van der Waals surface area contributed by atoms with Crippen molar-refractivity contribution in [2.45, 2.75) is 58.2 Å². The van der Waals surface area contributed by atoms with E-state index in [1.54, 1.807) is 6.07 Å². The van der Waals surface area contributed by atoms with Gasteiger partial charge >= 0.3 is 6.18 Å². The highest BCUT2D eigenvalue weighted by molar-refractivity contribution is 6.06. The number of rotatable bonds is 5. The molecule has 1 saturated carbocycles. The van der Waals surface area contributed by atoms with E-state index in [0.29, 0.717) is 17.3 Å². The number of benzene rings is 1. The zero-order valence-electron chi connectivity index (χ0n) is 17.1. The Morgan fingerprint density at radius 1 is 1.07 bits per heavy atom. The zero-order chi connectivity index (χ0) is 21.9. The monoisotopic (exact) mass is 421 g/mol. The van der Waals surface area contributed by atoms with Gasteiger partial charge in [-0.25, -0.2) is 0 Å². The lowest BCUT2D eigenvalue weighted by Crippen LogP contribution is -2.33. The number of anilines is 1. The van der Waals surface area contributed by atoms with Crippen LogP contribution in [0.1, 0.15) is 70.2 Å². The Balaban J connectivity index is 1.73. The van der Waals surface area contributed by atoms with Crippen LogP contribution in [0.5, 0.6) is 0 Å². The third-order valence-corrected chi connectivity index (χ3v) is 5.50. The number of alkyl halides is 3. The number of hydrogen-bond acceptors (Lipinski definition) is 2. The summed E-state index contributed by atoms with van der Waals surface area (Å²) in [5.74, 6) is -1.16. The first-order chi connectivity index (χ1) is 14.2. The molecule has 0 saturated heterocycles. The number of carbonyl (C=O) groups excluding carboxylic acids is 2. The number of hydrogen-bond donors (Lipinski definition) is 2. The van der Waals surface area contributed by atoms with Gasteiger partial charge in [-0.15, -0.1) is 0 Å². The number of halogens is 3. The van der Waals surface area contributed by atoms with E-state index in [4.69, 9.17) is 0 Å². The van der Waals surface area contributed by atoms with Crippen molar-refractivity contribution in [3.05, 3.63) is 52.8 Å². The summed E-state index contributed by atoms with van der Waals surface area (Å²) in [4.78, 5) is 24.8. The third-order valence-electron chi connectivity index (χ3n) is 5.50. The molecular weight excluding hydrogens is 395 g/mol. The van der Waals surface area contributed by atoms with E-state index in [2.05, 4.69) is 9.88 Å². The molecule has 1 aromatic heterocycles. The molecule has 3 rings (SSSR count). The van der Waals surface area contributed by atoms with E-state index in [-0.39, 0.29) is 11.5 Å². The fourth-order valence-corrected chi connectivity index (χ4v) is 4.13. The van der Waals surface area contributed by atoms with Gasteiger partial charge in [0, 0.05) is 28.7 Å². The Labute approximate surface area is 173 Å². The van der Waals surface area contributed by atoms with Crippen molar-refractivity contribution < 1.29 is 22.8 Å². The summed E-state index contributed by atoms with van der Waals surface area (Å²) in [7, 11) is 0. The molecule has 2 amide bonds. The fraction of sp³-hybridized carbons (Fsp3) is 0.455. The molecule has 2 N–H and O–H groups in total. The van der Waals surface area contributed by atoms with Crippen molar-refractivity contribution in [1.82, 2.24) is 9.88 Å². The van der Waals surface area contributed by atoms with Crippen LogP contribution in [0.15, 0.2) is 30.3 Å². The van der Waals surface area contributed by atoms with Crippen LogP contribution >= 0.6 is 0 Å². The fourth-order valence-electron chi connectivity index (χ4n) is 4.13. The van der Waals surface area contributed by atoms with Crippen molar-refractivity contribution in [3.8, 4) is 0 Å². The van der Waals surface area contributed by atoms with E-state index in [1.807, 2.05) is 25.2 Å². The van der Waals surface area contributed by atoms with Crippen molar-refractivity contribution in [1.29, 1.82) is 0 Å². The van der Waals surface area contributed by atoms with Gasteiger partial charge in [-0.2, -0.15) is 13.2 Å². The van der Waals surface area contributed by atoms with Gasteiger partial charge in [-0.05, 0) is 51.0 Å². The minimum Gasteiger partial charge on any atom is -0.345 e. The van der Waals surface area contributed by atoms with Gasteiger partial charge in [0.15, 0.2) is 0 Å². The highest BCUT2D eigenvalue weighted by atomic mass is 19.4. The van der Waals surface area contributed by atoms with Crippen LogP contribution in [0.4, 0.5) is 18.9 Å². The molecule has 1 heterocycles. The van der Waals surface area contributed by atoms with Crippen molar-refractivity contribution in [2.75, 3.05) is 11.9 Å². The number of amides is 2. The first-order valence-corrected chi connectivity index (χ1v) is 10.1. The Hall–Kier alpha value is -2.77. The van der Waals surface area contributed by atoms with E-state index >= 15 is 0 Å². The molecule has 30 heavy (non-hydrogen) atoms. The molecule has 0 atom stereocenters. The zero-order valence-corrected chi connectivity index (χ0v) is 17.1. The van der Waals surface area contributed by atoms with Crippen LogP contribution in [0, 0.1) is 13.8 Å². The summed E-state index contributed by atoms with van der Waals surface area (Å²) in [6, 6.07) is 8.14. The Morgan fingerprint density at radius 3 is 2.43 bits per heavy atom. The Morgan fingerprint density at radius 2 is 1.77 bits per heavy atom. The molecule has 0 radical (unpaired) electrons. The van der Waals surface area contributed by atoms with Crippen LogP contribution < -0.4 is 10.6 Å². The number of aryl methyl sites for hydroxylation is 1. The summed E-state index contributed by atoms with van der Waals surface area (Å²) >= 11 is 0. The SMILES string of the molecule is Cc1cc(C(=O)Nc2cccc(C(=O)NCC(F)(F)F)c2)c(C)n1C1CCCCC1. The van der Waals surface area contributed by atoms with Gasteiger partial charge in [-0.1, -0.05) is 25.3 Å². The summed E-state index contributed by atoms with van der Waals surface area (Å²) in [6.07, 6.45) is 1.34. The Kier molecular flexibility index (Phi) is 6.53. The van der Waals surface area contributed by atoms with E-state index in [0.717, 1.165) is 24.2 Å². The number of aromatic nitrogens is 1. The van der Waals surface area contributed by atoms with E-state index < -0.39 is 18.6 Å². The molecule has 1 aliphatic carbocycles. The summed E-state index contributed by atoms with van der Waals surface area (Å²) in [6.45, 7) is 2.51. The predicted octanol–water partition coefficient (Wildman–Crippen LogP) is 5.15. The van der Waals surface area contributed by atoms with Crippen LogP contribution in [0.25, 0.3) is 0 Å². The molecule has 0 unspecified atom stereocenters. The average molecular weight is 421 g/mol. The molecule has 0 aliphatic heterocycles. The van der Waals surface area contributed by atoms with Gasteiger partial charge in [0.05, 0.1) is 5.56 Å². The smallest absolute Gasteiger partial charge is 0.345 e. The summed E-state index contributed by atoms with van der Waals surface area (Å²) < 4.78 is 39.1. The quantitative estimate of drug-likeness (QED) is 0.701. The number of nitrogens with zero attached hydrogens (tertiary/aromatic N) is 1. The van der Waals surface area contributed by atoms with Crippen molar-refractivity contribution in [3.63, 3.8) is 0 Å². The molecule has 1 aliphatic rings. The van der Waals surface area contributed by atoms with Gasteiger partial charge in [-0.3, -0.25) is 9.59 Å². The van der Waals surface area contributed by atoms with Gasteiger partial charge in [0.2, 0.25) is 0 Å². The maximum Gasteiger partial charge on any atom is 0.405 e. The maximum absolute atomic E-state index is 12.8. The van der Waals surface area contributed by atoms with Gasteiger partial charge < -0.3 is 15.2 Å². The lowest BCUT2D eigenvalue weighted by molar-refractivity contribution is -0.123. The highest BCUT2D eigenvalue weighted by Crippen LogP contribution is 2.32. The maximum atomic E-state index is 12.8. The second-order valence-corrected chi connectivity index (χ2v) is 7.78. The van der Waals surface area contributed by atoms with Crippen LogP contribution in [-0.4, -0.2) is 29.1 Å². The van der Waals surface area contributed by atoms with E-state index in [9.17, 15) is 22.8 Å². The average Bonchev–Trinajstić information content (AvgIpc) is 3.00. The molecular formula is C22H26F3N3O2. The first-order valence-electron chi connectivity index (χ1n) is 10.1. The van der Waals surface area contributed by atoms with Gasteiger partial charge in [0.1, 0.15) is 6.54 Å². The molecule has 1 aromatic carbocycles. The molecule has 0 bridgehead atoms. The largest absolute Gasteiger partial charge is 0.405 e. The normalized spacial score (nSPS) is 15.1. The lowest BCUT2D eigenvalue weighted by Gasteiger charge is -2.26. The van der Waals surface area contributed by atoms with Crippen molar-refractivity contribution >= 4 is 17.5 Å². The molecule has 1 fully saturated rings. The summed E-state index contributed by atoms with van der Waals surface area (Å²) in [5, 5.41) is 4.58. The predicted molar refractivity (Wildman–Crippen MR) is 109 cm³/mol.